The van der Waals surface area contributed by atoms with Crippen LogP contribution in [0.5, 0.6) is 0 Å². The minimum absolute atomic E-state index is 0.0146. The van der Waals surface area contributed by atoms with Gasteiger partial charge in [0.2, 0.25) is 0 Å². The highest BCUT2D eigenvalue weighted by molar-refractivity contribution is 8.00. The second kappa shape index (κ2) is 6.52. The highest BCUT2D eigenvalue weighted by Crippen LogP contribution is 2.37. The SMILES string of the molecule is Cc1ccccc1-n1nc(C(=O)NC[C@]2(C)CCCS2)c2c1CCC2. The van der Waals surface area contributed by atoms with Gasteiger partial charge in [-0.1, -0.05) is 18.2 Å². The van der Waals surface area contributed by atoms with Crippen LogP contribution in [-0.2, 0) is 12.8 Å². The van der Waals surface area contributed by atoms with Gasteiger partial charge in [0, 0.05) is 22.5 Å². The van der Waals surface area contributed by atoms with Crippen molar-refractivity contribution in [2.75, 3.05) is 12.3 Å². The normalized spacial score (nSPS) is 22.2. The van der Waals surface area contributed by atoms with E-state index in [1.54, 1.807) is 0 Å². The van der Waals surface area contributed by atoms with Gasteiger partial charge in [-0.25, -0.2) is 4.68 Å². The summed E-state index contributed by atoms with van der Waals surface area (Å²) in [6.45, 7) is 5.07. The molecule has 0 bridgehead atoms. The Bertz CT molecular complexity index is 805. The number of nitrogens with zero attached hydrogens (tertiary/aromatic N) is 2. The van der Waals surface area contributed by atoms with Crippen LogP contribution in [0.3, 0.4) is 0 Å². The first kappa shape index (κ1) is 16.7. The summed E-state index contributed by atoms with van der Waals surface area (Å²) in [5.74, 6) is 1.18. The number of aromatic nitrogens is 2. The fraction of sp³-hybridized carbons (Fsp3) is 0.500. The van der Waals surface area contributed by atoms with Gasteiger partial charge in [-0.15, -0.1) is 0 Å². The summed E-state index contributed by atoms with van der Waals surface area (Å²) < 4.78 is 2.18. The van der Waals surface area contributed by atoms with Crippen LogP contribution >= 0.6 is 11.8 Å². The van der Waals surface area contributed by atoms with E-state index in [4.69, 9.17) is 5.10 Å². The zero-order valence-corrected chi connectivity index (χ0v) is 15.8. The van der Waals surface area contributed by atoms with Gasteiger partial charge in [-0.05, 0) is 63.3 Å². The number of carbonyl (C=O) groups is 1. The third-order valence-corrected chi connectivity index (χ3v) is 6.95. The molecule has 0 spiro atoms. The maximum absolute atomic E-state index is 12.8. The van der Waals surface area contributed by atoms with Crippen LogP contribution in [0.25, 0.3) is 5.69 Å². The van der Waals surface area contributed by atoms with E-state index in [-0.39, 0.29) is 10.7 Å². The van der Waals surface area contributed by atoms with Gasteiger partial charge < -0.3 is 5.32 Å². The molecule has 4 nitrogen and oxygen atoms in total. The molecule has 0 saturated carbocycles. The lowest BCUT2D eigenvalue weighted by atomic mass is 10.1. The topological polar surface area (TPSA) is 46.9 Å². The Morgan fingerprint density at radius 1 is 1.32 bits per heavy atom. The second-order valence-electron chi connectivity index (χ2n) is 7.41. The van der Waals surface area contributed by atoms with Crippen LogP contribution in [-0.4, -0.2) is 32.7 Å². The van der Waals surface area contributed by atoms with Crippen LogP contribution < -0.4 is 5.32 Å². The lowest BCUT2D eigenvalue weighted by Gasteiger charge is -2.22. The van der Waals surface area contributed by atoms with Gasteiger partial charge in [0.25, 0.3) is 5.91 Å². The first-order valence-electron chi connectivity index (χ1n) is 9.16. The van der Waals surface area contributed by atoms with Gasteiger partial charge in [0.15, 0.2) is 5.69 Å². The number of nitrogens with one attached hydrogen (secondary N) is 1. The Morgan fingerprint density at radius 2 is 2.16 bits per heavy atom. The number of amides is 1. The molecule has 1 aromatic carbocycles. The van der Waals surface area contributed by atoms with Crippen LogP contribution in [0.2, 0.25) is 0 Å². The minimum atomic E-state index is -0.0146. The van der Waals surface area contributed by atoms with E-state index >= 15 is 0 Å². The Kier molecular flexibility index (Phi) is 4.36. The molecule has 1 aliphatic heterocycles. The average molecular weight is 356 g/mol. The first-order valence-corrected chi connectivity index (χ1v) is 10.1. The molecule has 1 saturated heterocycles. The lowest BCUT2D eigenvalue weighted by Crippen LogP contribution is -2.37. The zero-order valence-electron chi connectivity index (χ0n) is 15.0. The number of thioether (sulfide) groups is 1. The highest BCUT2D eigenvalue weighted by atomic mass is 32.2. The number of hydrogen-bond acceptors (Lipinski definition) is 3. The number of rotatable bonds is 4. The van der Waals surface area contributed by atoms with Gasteiger partial charge in [0.05, 0.1) is 5.69 Å². The zero-order chi connectivity index (χ0) is 17.4. The van der Waals surface area contributed by atoms with Crippen LogP contribution in [0, 0.1) is 6.92 Å². The summed E-state index contributed by atoms with van der Waals surface area (Å²) in [6, 6.07) is 8.24. The maximum atomic E-state index is 12.8. The summed E-state index contributed by atoms with van der Waals surface area (Å²) in [5.41, 5.74) is 5.24. The predicted octanol–water partition coefficient (Wildman–Crippen LogP) is 3.68. The summed E-state index contributed by atoms with van der Waals surface area (Å²) in [7, 11) is 0. The molecule has 132 valence electrons. The molecule has 2 aliphatic rings. The Morgan fingerprint density at radius 3 is 2.92 bits per heavy atom. The molecule has 1 aliphatic carbocycles. The molecule has 2 aromatic rings. The Labute approximate surface area is 153 Å². The van der Waals surface area contributed by atoms with Crippen molar-refractivity contribution in [3.63, 3.8) is 0 Å². The van der Waals surface area contributed by atoms with Crippen molar-refractivity contribution >= 4 is 17.7 Å². The molecule has 1 N–H and O–H groups in total. The van der Waals surface area contributed by atoms with Crippen LogP contribution in [0.15, 0.2) is 24.3 Å². The lowest BCUT2D eigenvalue weighted by molar-refractivity contribution is 0.0943. The average Bonchev–Trinajstić information content (AvgIpc) is 3.30. The predicted molar refractivity (Wildman–Crippen MR) is 103 cm³/mol. The first-order chi connectivity index (χ1) is 12.1. The van der Waals surface area contributed by atoms with E-state index in [0.29, 0.717) is 5.69 Å². The third-order valence-electron chi connectivity index (χ3n) is 5.41. The van der Waals surface area contributed by atoms with Crippen molar-refractivity contribution < 1.29 is 4.79 Å². The number of aryl methyl sites for hydroxylation is 1. The number of carbonyl (C=O) groups excluding carboxylic acids is 1. The van der Waals surface area contributed by atoms with Crippen LogP contribution in [0.1, 0.15) is 53.5 Å². The molecule has 1 aromatic heterocycles. The van der Waals surface area contributed by atoms with E-state index in [2.05, 4.69) is 31.3 Å². The number of benzene rings is 1. The fourth-order valence-corrected chi connectivity index (χ4v) is 5.19. The van der Waals surface area contributed by atoms with Crippen molar-refractivity contribution in [2.24, 2.45) is 0 Å². The minimum Gasteiger partial charge on any atom is -0.349 e. The van der Waals surface area contributed by atoms with Gasteiger partial charge in [0.1, 0.15) is 0 Å². The van der Waals surface area contributed by atoms with Crippen molar-refractivity contribution in [1.29, 1.82) is 0 Å². The maximum Gasteiger partial charge on any atom is 0.272 e. The molecular weight excluding hydrogens is 330 g/mol. The van der Waals surface area contributed by atoms with E-state index in [9.17, 15) is 4.79 Å². The summed E-state index contributed by atoms with van der Waals surface area (Å²) in [5, 5.41) is 7.88. The number of fused-ring (bicyclic) bond motifs is 1. The largest absolute Gasteiger partial charge is 0.349 e. The van der Waals surface area contributed by atoms with E-state index < -0.39 is 0 Å². The van der Waals surface area contributed by atoms with E-state index in [0.717, 1.165) is 37.1 Å². The molecule has 4 rings (SSSR count). The standard InChI is InChI=1S/C20H25N3OS/c1-14-7-3-4-9-16(14)23-17-10-5-8-15(17)18(22-23)19(24)21-13-20(2)11-6-12-25-20/h3-4,7,9H,5-6,8,10-13H2,1-2H3,(H,21,24)/t20-/m0/s1. The Hall–Kier alpha value is -1.75. The van der Waals surface area contributed by atoms with Gasteiger partial charge in [-0.3, -0.25) is 4.79 Å². The molecule has 25 heavy (non-hydrogen) atoms. The van der Waals surface area contributed by atoms with Gasteiger partial charge >= 0.3 is 0 Å². The van der Waals surface area contributed by atoms with Gasteiger partial charge in [-0.2, -0.15) is 16.9 Å². The smallest absolute Gasteiger partial charge is 0.272 e. The Balaban J connectivity index is 1.61. The quantitative estimate of drug-likeness (QED) is 0.910. The third kappa shape index (κ3) is 3.10. The summed E-state index contributed by atoms with van der Waals surface area (Å²) >= 11 is 1.97. The second-order valence-corrected chi connectivity index (χ2v) is 9.09. The molecule has 0 radical (unpaired) electrons. The van der Waals surface area contributed by atoms with Crippen LogP contribution in [0.4, 0.5) is 0 Å². The summed E-state index contributed by atoms with van der Waals surface area (Å²) in [6.07, 6.45) is 5.47. The fourth-order valence-electron chi connectivity index (χ4n) is 3.95. The molecule has 5 heteroatoms. The van der Waals surface area contributed by atoms with Crippen molar-refractivity contribution in [3.8, 4) is 5.69 Å². The molecule has 1 amide bonds. The molecular formula is C20H25N3OS. The van der Waals surface area contributed by atoms with Crippen molar-refractivity contribution in [1.82, 2.24) is 15.1 Å². The number of hydrogen-bond donors (Lipinski definition) is 1. The monoisotopic (exact) mass is 355 g/mol. The van der Waals surface area contributed by atoms with Crippen molar-refractivity contribution in [3.05, 3.63) is 46.8 Å². The van der Waals surface area contributed by atoms with Crippen molar-refractivity contribution in [2.45, 2.75) is 50.7 Å². The molecule has 1 atom stereocenters. The number of para-hydroxylation sites is 1. The molecule has 1 fully saturated rings. The molecule has 0 unspecified atom stereocenters. The van der Waals surface area contributed by atoms with E-state index in [1.165, 1.54) is 29.9 Å². The van der Waals surface area contributed by atoms with E-state index in [1.807, 2.05) is 28.6 Å². The molecule has 2 heterocycles. The summed E-state index contributed by atoms with van der Waals surface area (Å²) in [4.78, 5) is 12.8. The highest BCUT2D eigenvalue weighted by Gasteiger charge is 2.32.